The number of likely N-dealkylation sites (N-methyl/N-ethyl adjacent to an activating group) is 1. The summed E-state index contributed by atoms with van der Waals surface area (Å²) < 4.78 is 42.9. The van der Waals surface area contributed by atoms with Gasteiger partial charge in [0.2, 0.25) is 11.8 Å². The van der Waals surface area contributed by atoms with Crippen LogP contribution >= 0.6 is 15.9 Å². The molecule has 0 saturated carbocycles. The second-order valence-electron chi connectivity index (χ2n) is 7.47. The molecule has 0 heterocycles. The first-order valence-corrected chi connectivity index (χ1v) is 12.4. The molecule has 33 heavy (non-hydrogen) atoms. The molecule has 0 unspecified atom stereocenters. The van der Waals surface area contributed by atoms with Crippen molar-refractivity contribution in [1.82, 2.24) is 14.5 Å². The standard InChI is InChI=1S/C22H28BrFN4O4S/c1-5-25-22(30)16(2)27(14-17-9-8-10-18(23)13-17)21(29)15-28(33(31,32)26(3)4)20-12-7-6-11-19(20)24/h6-13,16H,5,14-15H2,1-4H3,(H,25,30)/t16-/m1/s1. The van der Waals surface area contributed by atoms with Crippen LogP contribution in [0.1, 0.15) is 19.4 Å². The van der Waals surface area contributed by atoms with Crippen molar-refractivity contribution in [3.8, 4) is 0 Å². The third-order valence-electron chi connectivity index (χ3n) is 4.90. The molecule has 0 bridgehead atoms. The lowest BCUT2D eigenvalue weighted by molar-refractivity contribution is -0.139. The van der Waals surface area contributed by atoms with Gasteiger partial charge in [-0.3, -0.25) is 9.59 Å². The molecule has 0 aliphatic heterocycles. The summed E-state index contributed by atoms with van der Waals surface area (Å²) in [5, 5.41) is 2.68. The van der Waals surface area contributed by atoms with Gasteiger partial charge in [0.15, 0.2) is 0 Å². The van der Waals surface area contributed by atoms with Crippen LogP contribution in [0.3, 0.4) is 0 Å². The molecule has 180 valence electrons. The van der Waals surface area contributed by atoms with E-state index in [0.29, 0.717) is 10.8 Å². The molecule has 2 amide bonds. The first-order valence-electron chi connectivity index (χ1n) is 10.2. The second-order valence-corrected chi connectivity index (χ2v) is 10.5. The average Bonchev–Trinajstić information content (AvgIpc) is 2.75. The Morgan fingerprint density at radius 2 is 1.79 bits per heavy atom. The lowest BCUT2D eigenvalue weighted by Crippen LogP contribution is -2.52. The van der Waals surface area contributed by atoms with Gasteiger partial charge >= 0.3 is 10.2 Å². The van der Waals surface area contributed by atoms with Crippen molar-refractivity contribution in [2.75, 3.05) is 31.5 Å². The van der Waals surface area contributed by atoms with Gasteiger partial charge in [-0.25, -0.2) is 8.70 Å². The zero-order valence-electron chi connectivity index (χ0n) is 19.0. The van der Waals surface area contributed by atoms with Crippen LogP contribution in [0.5, 0.6) is 0 Å². The van der Waals surface area contributed by atoms with E-state index in [0.717, 1.165) is 20.4 Å². The van der Waals surface area contributed by atoms with Gasteiger partial charge < -0.3 is 10.2 Å². The van der Waals surface area contributed by atoms with E-state index < -0.39 is 34.5 Å². The first kappa shape index (κ1) is 26.7. The fourth-order valence-corrected chi connectivity index (χ4v) is 4.60. The van der Waals surface area contributed by atoms with Crippen molar-refractivity contribution < 1.29 is 22.4 Å². The summed E-state index contributed by atoms with van der Waals surface area (Å²) >= 11 is 3.38. The molecule has 0 spiro atoms. The number of nitrogens with one attached hydrogen (secondary N) is 1. The van der Waals surface area contributed by atoms with Gasteiger partial charge in [0.1, 0.15) is 18.4 Å². The molecular weight excluding hydrogens is 515 g/mol. The number of amides is 2. The molecule has 0 aliphatic rings. The van der Waals surface area contributed by atoms with Crippen molar-refractivity contribution in [3.05, 3.63) is 64.4 Å². The van der Waals surface area contributed by atoms with Crippen LogP contribution < -0.4 is 9.62 Å². The number of nitrogens with zero attached hydrogens (tertiary/aromatic N) is 3. The highest BCUT2D eigenvalue weighted by Gasteiger charge is 2.33. The summed E-state index contributed by atoms with van der Waals surface area (Å²) in [5.74, 6) is -1.82. The zero-order chi connectivity index (χ0) is 24.8. The average molecular weight is 543 g/mol. The maximum absolute atomic E-state index is 14.5. The number of halogens is 2. The normalized spacial score (nSPS) is 12.3. The molecule has 0 aromatic heterocycles. The third kappa shape index (κ3) is 6.75. The Morgan fingerprint density at radius 3 is 2.36 bits per heavy atom. The summed E-state index contributed by atoms with van der Waals surface area (Å²) in [4.78, 5) is 27.3. The number of para-hydroxylation sites is 1. The molecule has 2 rings (SSSR count). The van der Waals surface area contributed by atoms with E-state index in [-0.39, 0.29) is 18.1 Å². The van der Waals surface area contributed by atoms with Gasteiger partial charge in [0.05, 0.1) is 5.69 Å². The Bertz CT molecular complexity index is 1100. The summed E-state index contributed by atoms with van der Waals surface area (Å²) in [6, 6.07) is 11.6. The Hall–Kier alpha value is -2.50. The largest absolute Gasteiger partial charge is 0.355 e. The van der Waals surface area contributed by atoms with Gasteiger partial charge in [-0.1, -0.05) is 40.2 Å². The molecular formula is C22H28BrFN4O4S. The number of rotatable bonds is 10. The van der Waals surface area contributed by atoms with Crippen molar-refractivity contribution in [1.29, 1.82) is 0 Å². The molecule has 0 radical (unpaired) electrons. The van der Waals surface area contributed by atoms with Gasteiger partial charge in [0, 0.05) is 31.7 Å². The Kier molecular flexibility index (Phi) is 9.38. The summed E-state index contributed by atoms with van der Waals surface area (Å²) in [6.07, 6.45) is 0. The van der Waals surface area contributed by atoms with E-state index >= 15 is 0 Å². The van der Waals surface area contributed by atoms with Crippen molar-refractivity contribution in [2.24, 2.45) is 0 Å². The van der Waals surface area contributed by atoms with Crippen molar-refractivity contribution in [2.45, 2.75) is 26.4 Å². The van der Waals surface area contributed by atoms with Crippen molar-refractivity contribution >= 4 is 43.6 Å². The Morgan fingerprint density at radius 1 is 1.12 bits per heavy atom. The minimum Gasteiger partial charge on any atom is -0.355 e. The lowest BCUT2D eigenvalue weighted by atomic mass is 10.1. The van der Waals surface area contributed by atoms with Crippen LogP contribution in [0.25, 0.3) is 0 Å². The van der Waals surface area contributed by atoms with Crippen molar-refractivity contribution in [3.63, 3.8) is 0 Å². The smallest absolute Gasteiger partial charge is 0.304 e. The van der Waals surface area contributed by atoms with Gasteiger partial charge in [-0.05, 0) is 43.7 Å². The van der Waals surface area contributed by atoms with E-state index in [2.05, 4.69) is 21.2 Å². The maximum Gasteiger partial charge on any atom is 0.304 e. The minimum absolute atomic E-state index is 0.0592. The minimum atomic E-state index is -4.21. The molecule has 0 saturated heterocycles. The predicted molar refractivity (Wildman–Crippen MR) is 129 cm³/mol. The van der Waals surface area contributed by atoms with E-state index in [1.807, 2.05) is 6.07 Å². The molecule has 1 N–H and O–H groups in total. The summed E-state index contributed by atoms with van der Waals surface area (Å²) in [7, 11) is -1.62. The zero-order valence-corrected chi connectivity index (χ0v) is 21.4. The molecule has 1 atom stereocenters. The molecule has 2 aromatic rings. The van der Waals surface area contributed by atoms with E-state index in [1.165, 1.54) is 37.2 Å². The van der Waals surface area contributed by atoms with Crippen LogP contribution in [0.2, 0.25) is 0 Å². The molecule has 8 nitrogen and oxygen atoms in total. The highest BCUT2D eigenvalue weighted by Crippen LogP contribution is 2.24. The molecule has 0 aliphatic carbocycles. The quantitative estimate of drug-likeness (QED) is 0.499. The van der Waals surface area contributed by atoms with Gasteiger partial charge in [-0.2, -0.15) is 12.7 Å². The highest BCUT2D eigenvalue weighted by atomic mass is 79.9. The van der Waals surface area contributed by atoms with E-state index in [4.69, 9.17) is 0 Å². The van der Waals surface area contributed by atoms with Crippen LogP contribution in [0.15, 0.2) is 53.0 Å². The van der Waals surface area contributed by atoms with Crippen LogP contribution in [0.4, 0.5) is 10.1 Å². The topological polar surface area (TPSA) is 90.0 Å². The predicted octanol–water partition coefficient (Wildman–Crippen LogP) is 2.75. The molecule has 2 aromatic carbocycles. The highest BCUT2D eigenvalue weighted by molar-refractivity contribution is 9.10. The number of anilines is 1. The fraction of sp³-hybridized carbons (Fsp3) is 0.364. The summed E-state index contributed by atoms with van der Waals surface area (Å²) in [6.45, 7) is 3.07. The summed E-state index contributed by atoms with van der Waals surface area (Å²) in [5.41, 5.74) is 0.481. The first-order chi connectivity index (χ1) is 15.5. The third-order valence-corrected chi connectivity index (χ3v) is 7.20. The van der Waals surface area contributed by atoms with Crippen LogP contribution in [-0.4, -0.2) is 62.7 Å². The van der Waals surface area contributed by atoms with E-state index in [1.54, 1.807) is 32.0 Å². The number of hydrogen-bond donors (Lipinski definition) is 1. The Labute approximate surface area is 202 Å². The number of carbonyl (C=O) groups excluding carboxylic acids is 2. The Balaban J connectivity index is 2.47. The number of carbonyl (C=O) groups is 2. The van der Waals surface area contributed by atoms with Gasteiger partial charge in [0.25, 0.3) is 0 Å². The van der Waals surface area contributed by atoms with E-state index in [9.17, 15) is 22.4 Å². The SMILES string of the molecule is CCNC(=O)[C@@H](C)N(Cc1cccc(Br)c1)C(=O)CN(c1ccccc1F)S(=O)(=O)N(C)C. The molecule has 11 heteroatoms. The fourth-order valence-electron chi connectivity index (χ4n) is 3.09. The number of hydrogen-bond acceptors (Lipinski definition) is 4. The van der Waals surface area contributed by atoms with Gasteiger partial charge in [-0.15, -0.1) is 0 Å². The monoisotopic (exact) mass is 542 g/mol. The molecule has 0 fully saturated rings. The number of benzene rings is 2. The second kappa shape index (κ2) is 11.6. The van der Waals surface area contributed by atoms with Crippen LogP contribution in [-0.2, 0) is 26.3 Å². The maximum atomic E-state index is 14.5. The lowest BCUT2D eigenvalue weighted by Gasteiger charge is -2.32. The van der Waals surface area contributed by atoms with Crippen LogP contribution in [0, 0.1) is 5.82 Å².